The molecule has 0 bridgehead atoms. The third kappa shape index (κ3) is 4.06. The molecule has 7 nitrogen and oxygen atoms in total. The molecule has 0 aromatic carbocycles. The molecule has 1 aromatic rings. The molecule has 1 aromatic heterocycles. The summed E-state index contributed by atoms with van der Waals surface area (Å²) in [6.07, 6.45) is 0. The molecule has 7 heteroatoms. The monoisotopic (exact) mass is 268 g/mol. The van der Waals surface area contributed by atoms with Gasteiger partial charge in [-0.05, 0) is 19.9 Å². The van der Waals surface area contributed by atoms with E-state index in [2.05, 4.69) is 10.3 Å². The number of ether oxygens (including phenoxy) is 1. The van der Waals surface area contributed by atoms with Crippen LogP contribution in [0, 0.1) is 10.1 Å². The number of pyridine rings is 1. The zero-order valence-corrected chi connectivity index (χ0v) is 11.5. The number of nitrogens with one attached hydrogen (secondary N) is 1. The third-order valence-corrected chi connectivity index (χ3v) is 2.70. The Morgan fingerprint density at radius 1 is 1.47 bits per heavy atom. The first kappa shape index (κ1) is 15.2. The summed E-state index contributed by atoms with van der Waals surface area (Å²) < 4.78 is 5.29. The van der Waals surface area contributed by atoms with E-state index >= 15 is 0 Å². The normalized spacial score (nSPS) is 10.3. The summed E-state index contributed by atoms with van der Waals surface area (Å²) in [6.45, 7) is 6.21. The smallest absolute Gasteiger partial charge is 0.311 e. The fraction of sp³-hybridized carbons (Fsp3) is 0.583. The molecule has 1 rings (SSSR count). The van der Waals surface area contributed by atoms with Crippen molar-refractivity contribution in [2.24, 2.45) is 0 Å². The summed E-state index contributed by atoms with van der Waals surface area (Å²) in [4.78, 5) is 16.8. The summed E-state index contributed by atoms with van der Waals surface area (Å²) in [6, 6.07) is 3.07. The first-order valence-electron chi connectivity index (χ1n) is 6.29. The van der Waals surface area contributed by atoms with Gasteiger partial charge in [-0.1, -0.05) is 0 Å². The van der Waals surface area contributed by atoms with E-state index in [1.54, 1.807) is 13.1 Å². The van der Waals surface area contributed by atoms with Crippen LogP contribution < -0.4 is 10.2 Å². The van der Waals surface area contributed by atoms with Crippen molar-refractivity contribution in [3.05, 3.63) is 22.2 Å². The predicted molar refractivity (Wildman–Crippen MR) is 74.8 cm³/mol. The molecule has 1 N–H and O–H groups in total. The van der Waals surface area contributed by atoms with Gasteiger partial charge in [0.2, 0.25) is 5.82 Å². The van der Waals surface area contributed by atoms with E-state index < -0.39 is 4.92 Å². The molecule has 19 heavy (non-hydrogen) atoms. The summed E-state index contributed by atoms with van der Waals surface area (Å²) in [5.41, 5.74) is 0.0114. The second kappa shape index (κ2) is 7.52. The average Bonchev–Trinajstić information content (AvgIpc) is 2.43. The molecule has 0 saturated carbocycles. The lowest BCUT2D eigenvalue weighted by molar-refractivity contribution is -0.384. The van der Waals surface area contributed by atoms with Crippen LogP contribution in [0.15, 0.2) is 12.1 Å². The molecule has 0 amide bonds. The molecular weight excluding hydrogens is 248 g/mol. The van der Waals surface area contributed by atoms with Gasteiger partial charge in [-0.25, -0.2) is 4.98 Å². The fourth-order valence-corrected chi connectivity index (χ4v) is 1.69. The molecule has 0 saturated heterocycles. The van der Waals surface area contributed by atoms with Crippen molar-refractivity contribution in [2.45, 2.75) is 13.8 Å². The van der Waals surface area contributed by atoms with Crippen LogP contribution >= 0.6 is 0 Å². The minimum absolute atomic E-state index is 0.0114. The highest BCUT2D eigenvalue weighted by atomic mass is 16.6. The first-order chi connectivity index (χ1) is 9.13. The Balaban J connectivity index is 3.01. The SMILES string of the molecule is CCOCCN(CC)c1nc(NC)ccc1[N+](=O)[O-]. The largest absolute Gasteiger partial charge is 0.380 e. The van der Waals surface area contributed by atoms with Crippen LogP contribution in [0.4, 0.5) is 17.3 Å². The highest BCUT2D eigenvalue weighted by Gasteiger charge is 2.20. The summed E-state index contributed by atoms with van der Waals surface area (Å²) in [7, 11) is 1.73. The Morgan fingerprint density at radius 2 is 2.21 bits per heavy atom. The van der Waals surface area contributed by atoms with E-state index in [1.807, 2.05) is 18.7 Å². The first-order valence-corrected chi connectivity index (χ1v) is 6.29. The van der Waals surface area contributed by atoms with Crippen LogP contribution in [0.5, 0.6) is 0 Å². The minimum atomic E-state index is -0.412. The van der Waals surface area contributed by atoms with Crippen LogP contribution in [0.3, 0.4) is 0 Å². The number of aromatic nitrogens is 1. The van der Waals surface area contributed by atoms with Gasteiger partial charge < -0.3 is 15.0 Å². The second-order valence-corrected chi connectivity index (χ2v) is 3.82. The quantitative estimate of drug-likeness (QED) is 0.440. The van der Waals surface area contributed by atoms with Crippen molar-refractivity contribution in [1.82, 2.24) is 4.98 Å². The number of anilines is 2. The predicted octanol–water partition coefficient (Wildman–Crippen LogP) is 1.89. The van der Waals surface area contributed by atoms with Gasteiger partial charge in [0, 0.05) is 32.8 Å². The van der Waals surface area contributed by atoms with E-state index in [0.29, 0.717) is 37.9 Å². The Labute approximate surface area is 112 Å². The van der Waals surface area contributed by atoms with E-state index in [0.717, 1.165) is 0 Å². The van der Waals surface area contributed by atoms with Gasteiger partial charge in [0.25, 0.3) is 0 Å². The Hall–Kier alpha value is -1.89. The molecule has 0 spiro atoms. The molecule has 0 radical (unpaired) electrons. The number of hydrogen-bond acceptors (Lipinski definition) is 6. The van der Waals surface area contributed by atoms with E-state index in [1.165, 1.54) is 6.07 Å². The molecular formula is C12H20N4O3. The highest BCUT2D eigenvalue weighted by molar-refractivity contribution is 5.61. The number of hydrogen-bond donors (Lipinski definition) is 1. The van der Waals surface area contributed by atoms with E-state index in [4.69, 9.17) is 4.74 Å². The number of likely N-dealkylation sites (N-methyl/N-ethyl adjacent to an activating group) is 1. The van der Waals surface area contributed by atoms with Gasteiger partial charge >= 0.3 is 5.69 Å². The van der Waals surface area contributed by atoms with Crippen molar-refractivity contribution in [3.63, 3.8) is 0 Å². The van der Waals surface area contributed by atoms with Crippen LogP contribution in [0.1, 0.15) is 13.8 Å². The number of nitrogens with zero attached hydrogens (tertiary/aromatic N) is 3. The summed E-state index contributed by atoms with van der Waals surface area (Å²) >= 11 is 0. The topological polar surface area (TPSA) is 80.5 Å². The molecule has 106 valence electrons. The number of rotatable bonds is 8. The molecule has 0 aliphatic rings. The van der Waals surface area contributed by atoms with Crippen LogP contribution in [0.25, 0.3) is 0 Å². The van der Waals surface area contributed by atoms with Gasteiger partial charge in [-0.3, -0.25) is 10.1 Å². The standard InChI is InChI=1S/C12H20N4O3/c1-4-15(8-9-19-5-2)12-10(16(17)18)6-7-11(13-3)14-12/h6-7H,4-5,8-9H2,1-3H3,(H,13,14). The summed E-state index contributed by atoms with van der Waals surface area (Å²) in [5.74, 6) is 0.981. The van der Waals surface area contributed by atoms with Gasteiger partial charge in [-0.2, -0.15) is 0 Å². The van der Waals surface area contributed by atoms with Crippen molar-refractivity contribution < 1.29 is 9.66 Å². The molecule has 1 heterocycles. The average molecular weight is 268 g/mol. The van der Waals surface area contributed by atoms with Crippen molar-refractivity contribution in [2.75, 3.05) is 43.6 Å². The van der Waals surface area contributed by atoms with Gasteiger partial charge in [0.05, 0.1) is 11.5 Å². The van der Waals surface area contributed by atoms with E-state index in [9.17, 15) is 10.1 Å². The fourth-order valence-electron chi connectivity index (χ4n) is 1.69. The highest BCUT2D eigenvalue weighted by Crippen LogP contribution is 2.27. The summed E-state index contributed by atoms with van der Waals surface area (Å²) in [5, 5.41) is 13.9. The van der Waals surface area contributed by atoms with Crippen molar-refractivity contribution >= 4 is 17.3 Å². The number of nitro groups is 1. The Kier molecular flexibility index (Phi) is 6.01. The Morgan fingerprint density at radius 3 is 2.74 bits per heavy atom. The van der Waals surface area contributed by atoms with E-state index in [-0.39, 0.29) is 5.69 Å². The maximum Gasteiger partial charge on any atom is 0.311 e. The maximum atomic E-state index is 11.1. The van der Waals surface area contributed by atoms with Crippen LogP contribution in [0.2, 0.25) is 0 Å². The molecule has 0 aliphatic carbocycles. The van der Waals surface area contributed by atoms with Crippen molar-refractivity contribution in [3.8, 4) is 0 Å². The second-order valence-electron chi connectivity index (χ2n) is 3.82. The maximum absolute atomic E-state index is 11.1. The van der Waals surface area contributed by atoms with Gasteiger partial charge in [0.15, 0.2) is 0 Å². The lowest BCUT2D eigenvalue weighted by Gasteiger charge is -2.21. The molecule has 0 fully saturated rings. The zero-order chi connectivity index (χ0) is 14.3. The molecule has 0 unspecified atom stereocenters. The zero-order valence-electron chi connectivity index (χ0n) is 11.5. The van der Waals surface area contributed by atoms with Crippen LogP contribution in [-0.2, 0) is 4.74 Å². The lowest BCUT2D eigenvalue weighted by atomic mass is 10.3. The molecule has 0 atom stereocenters. The van der Waals surface area contributed by atoms with Crippen molar-refractivity contribution in [1.29, 1.82) is 0 Å². The third-order valence-electron chi connectivity index (χ3n) is 2.70. The van der Waals surface area contributed by atoms with Crippen LogP contribution in [-0.4, -0.2) is 43.3 Å². The molecule has 0 aliphatic heterocycles. The Bertz CT molecular complexity index is 425. The van der Waals surface area contributed by atoms with Gasteiger partial charge in [0.1, 0.15) is 5.82 Å². The minimum Gasteiger partial charge on any atom is -0.380 e. The lowest BCUT2D eigenvalue weighted by Crippen LogP contribution is -2.29. The van der Waals surface area contributed by atoms with Gasteiger partial charge in [-0.15, -0.1) is 0 Å².